The van der Waals surface area contributed by atoms with Crippen LogP contribution in [0.1, 0.15) is 61.5 Å². The van der Waals surface area contributed by atoms with E-state index in [1.165, 1.54) is 31.9 Å². The molecule has 0 radical (unpaired) electrons. The van der Waals surface area contributed by atoms with Gasteiger partial charge in [0.05, 0.1) is 11.3 Å². The minimum atomic E-state index is -0.958. The lowest BCUT2D eigenvalue weighted by molar-refractivity contribution is 0.0694. The molecule has 0 aliphatic heterocycles. The van der Waals surface area contributed by atoms with Crippen molar-refractivity contribution in [3.63, 3.8) is 0 Å². The van der Waals surface area contributed by atoms with Gasteiger partial charge in [-0.15, -0.1) is 0 Å². The van der Waals surface area contributed by atoms with E-state index in [-0.39, 0.29) is 11.5 Å². The third-order valence-corrected chi connectivity index (χ3v) is 4.65. The van der Waals surface area contributed by atoms with E-state index < -0.39 is 5.97 Å². The molecule has 20 heavy (non-hydrogen) atoms. The SMILES string of the molecule is CC(C)c1nc(N[C@H]2C[C@@H]3CC[C@H]2C3)ncc1C(=O)O. The molecule has 1 aromatic rings. The molecule has 0 spiro atoms. The Morgan fingerprint density at radius 1 is 1.40 bits per heavy atom. The highest BCUT2D eigenvalue weighted by molar-refractivity contribution is 5.88. The summed E-state index contributed by atoms with van der Waals surface area (Å²) in [5.74, 6) is 1.30. The van der Waals surface area contributed by atoms with Crippen molar-refractivity contribution in [2.24, 2.45) is 11.8 Å². The van der Waals surface area contributed by atoms with Crippen LogP contribution in [-0.2, 0) is 0 Å². The van der Waals surface area contributed by atoms with Crippen LogP contribution in [0.4, 0.5) is 5.95 Å². The van der Waals surface area contributed by atoms with Gasteiger partial charge in [0.2, 0.25) is 5.95 Å². The Morgan fingerprint density at radius 3 is 2.75 bits per heavy atom. The Balaban J connectivity index is 1.80. The Morgan fingerprint density at radius 2 is 2.20 bits per heavy atom. The molecule has 0 aromatic carbocycles. The number of nitrogens with one attached hydrogen (secondary N) is 1. The summed E-state index contributed by atoms with van der Waals surface area (Å²) in [5.41, 5.74) is 0.816. The zero-order chi connectivity index (χ0) is 14.3. The summed E-state index contributed by atoms with van der Waals surface area (Å²) in [6.45, 7) is 3.91. The molecule has 0 unspecified atom stereocenters. The minimum Gasteiger partial charge on any atom is -0.478 e. The maximum atomic E-state index is 11.2. The maximum absolute atomic E-state index is 11.2. The fourth-order valence-corrected chi connectivity index (χ4v) is 3.66. The predicted octanol–water partition coefficient (Wildman–Crippen LogP) is 2.90. The average molecular weight is 275 g/mol. The number of hydrogen-bond donors (Lipinski definition) is 2. The van der Waals surface area contributed by atoms with Crippen molar-refractivity contribution in [2.45, 2.75) is 51.5 Å². The van der Waals surface area contributed by atoms with Gasteiger partial charge in [0.15, 0.2) is 0 Å². The molecule has 2 aliphatic rings. The number of carbonyl (C=O) groups is 1. The molecule has 5 nitrogen and oxygen atoms in total. The Kier molecular flexibility index (Phi) is 3.36. The van der Waals surface area contributed by atoms with Crippen LogP contribution in [0.5, 0.6) is 0 Å². The van der Waals surface area contributed by atoms with Gasteiger partial charge in [-0.2, -0.15) is 0 Å². The molecule has 5 heteroatoms. The van der Waals surface area contributed by atoms with E-state index >= 15 is 0 Å². The molecule has 0 amide bonds. The van der Waals surface area contributed by atoms with Crippen molar-refractivity contribution in [3.8, 4) is 0 Å². The van der Waals surface area contributed by atoms with Crippen LogP contribution in [0, 0.1) is 11.8 Å². The van der Waals surface area contributed by atoms with Crippen LogP contribution in [0.25, 0.3) is 0 Å². The van der Waals surface area contributed by atoms with Crippen molar-refractivity contribution >= 4 is 11.9 Å². The summed E-state index contributed by atoms with van der Waals surface area (Å²) in [7, 11) is 0. The van der Waals surface area contributed by atoms with Crippen LogP contribution >= 0.6 is 0 Å². The van der Waals surface area contributed by atoms with E-state index in [0.717, 1.165) is 11.8 Å². The van der Waals surface area contributed by atoms with Gasteiger partial charge in [-0.1, -0.05) is 20.3 Å². The monoisotopic (exact) mass is 275 g/mol. The van der Waals surface area contributed by atoms with E-state index in [1.807, 2.05) is 13.8 Å². The van der Waals surface area contributed by atoms with Crippen molar-refractivity contribution in [2.75, 3.05) is 5.32 Å². The fourth-order valence-electron chi connectivity index (χ4n) is 3.66. The van der Waals surface area contributed by atoms with Gasteiger partial charge in [0.25, 0.3) is 0 Å². The lowest BCUT2D eigenvalue weighted by Gasteiger charge is -2.23. The summed E-state index contributed by atoms with van der Waals surface area (Å²) < 4.78 is 0. The second kappa shape index (κ2) is 5.04. The number of rotatable bonds is 4. The average Bonchev–Trinajstić information content (AvgIpc) is 3.00. The number of hydrogen-bond acceptors (Lipinski definition) is 4. The highest BCUT2D eigenvalue weighted by Gasteiger charge is 2.39. The Hall–Kier alpha value is -1.65. The molecule has 2 bridgehead atoms. The summed E-state index contributed by atoms with van der Waals surface area (Å²) in [6.07, 6.45) is 6.61. The quantitative estimate of drug-likeness (QED) is 0.883. The van der Waals surface area contributed by atoms with Gasteiger partial charge in [-0.25, -0.2) is 14.8 Å². The van der Waals surface area contributed by atoms with Crippen LogP contribution < -0.4 is 5.32 Å². The lowest BCUT2D eigenvalue weighted by Crippen LogP contribution is -2.27. The number of fused-ring (bicyclic) bond motifs is 2. The van der Waals surface area contributed by atoms with Crippen molar-refractivity contribution in [3.05, 3.63) is 17.5 Å². The number of anilines is 1. The molecule has 2 N–H and O–H groups in total. The van der Waals surface area contributed by atoms with Gasteiger partial charge in [0, 0.05) is 12.2 Å². The van der Waals surface area contributed by atoms with Gasteiger partial charge < -0.3 is 10.4 Å². The molecular weight excluding hydrogens is 254 g/mol. The van der Waals surface area contributed by atoms with Gasteiger partial charge in [-0.05, 0) is 37.0 Å². The van der Waals surface area contributed by atoms with E-state index in [9.17, 15) is 9.90 Å². The molecule has 2 aliphatic carbocycles. The molecule has 108 valence electrons. The first-order chi connectivity index (χ1) is 9.54. The lowest BCUT2D eigenvalue weighted by atomic mass is 9.95. The standard InChI is InChI=1S/C15H21N3O2/c1-8(2)13-11(14(19)20)7-16-15(18-13)17-12-6-9-3-4-10(12)5-9/h7-10,12H,3-6H2,1-2H3,(H,19,20)(H,16,17,18)/t9-,10+,12+/m1/s1. The number of aromatic nitrogens is 2. The third-order valence-electron chi connectivity index (χ3n) is 4.65. The minimum absolute atomic E-state index is 0.0738. The second-order valence-corrected chi connectivity index (χ2v) is 6.38. The maximum Gasteiger partial charge on any atom is 0.339 e. The van der Waals surface area contributed by atoms with Gasteiger partial charge in [-0.3, -0.25) is 0 Å². The summed E-state index contributed by atoms with van der Waals surface area (Å²) in [6, 6.07) is 0.462. The highest BCUT2D eigenvalue weighted by Crippen LogP contribution is 2.45. The largest absolute Gasteiger partial charge is 0.478 e. The number of aromatic carboxylic acids is 1. The smallest absolute Gasteiger partial charge is 0.339 e. The molecule has 2 fully saturated rings. The second-order valence-electron chi connectivity index (χ2n) is 6.38. The first-order valence-electron chi connectivity index (χ1n) is 7.41. The van der Waals surface area contributed by atoms with Gasteiger partial charge in [0.1, 0.15) is 0 Å². The summed E-state index contributed by atoms with van der Waals surface area (Å²) in [5, 5.41) is 12.6. The van der Waals surface area contributed by atoms with E-state index in [4.69, 9.17) is 0 Å². The zero-order valence-electron chi connectivity index (χ0n) is 12.0. The molecule has 3 atom stereocenters. The molecule has 0 saturated heterocycles. The highest BCUT2D eigenvalue weighted by atomic mass is 16.4. The van der Waals surface area contributed by atoms with E-state index in [1.54, 1.807) is 0 Å². The third kappa shape index (κ3) is 2.37. The van der Waals surface area contributed by atoms with Crippen LogP contribution in [-0.4, -0.2) is 27.1 Å². The van der Waals surface area contributed by atoms with Crippen molar-refractivity contribution in [1.82, 2.24) is 9.97 Å². The topological polar surface area (TPSA) is 75.1 Å². The number of carboxylic acids is 1. The summed E-state index contributed by atoms with van der Waals surface area (Å²) >= 11 is 0. The van der Waals surface area contributed by atoms with Crippen LogP contribution in [0.15, 0.2) is 6.20 Å². The molecule has 2 saturated carbocycles. The number of nitrogens with zero attached hydrogens (tertiary/aromatic N) is 2. The predicted molar refractivity (Wildman–Crippen MR) is 75.9 cm³/mol. The van der Waals surface area contributed by atoms with Crippen LogP contribution in [0.3, 0.4) is 0 Å². The first-order valence-corrected chi connectivity index (χ1v) is 7.41. The molecular formula is C15H21N3O2. The normalized spacial score (nSPS) is 28.1. The summed E-state index contributed by atoms with van der Waals surface area (Å²) in [4.78, 5) is 19.8. The first kappa shape index (κ1) is 13.3. The zero-order valence-corrected chi connectivity index (χ0v) is 12.0. The van der Waals surface area contributed by atoms with Crippen molar-refractivity contribution in [1.29, 1.82) is 0 Å². The Bertz CT molecular complexity index is 530. The van der Waals surface area contributed by atoms with Crippen molar-refractivity contribution < 1.29 is 9.90 Å². The van der Waals surface area contributed by atoms with Gasteiger partial charge >= 0.3 is 5.97 Å². The molecule has 1 heterocycles. The van der Waals surface area contributed by atoms with Crippen LogP contribution in [0.2, 0.25) is 0 Å². The Labute approximate surface area is 118 Å². The number of carboxylic acid groups (broad SMARTS) is 1. The molecule has 1 aromatic heterocycles. The molecule has 3 rings (SSSR count). The fraction of sp³-hybridized carbons (Fsp3) is 0.667. The van der Waals surface area contributed by atoms with E-state index in [2.05, 4.69) is 15.3 Å². The van der Waals surface area contributed by atoms with E-state index in [0.29, 0.717) is 17.7 Å².